The Bertz CT molecular complexity index is 864. The number of nitrogens with one attached hydrogen (secondary N) is 1. The molecule has 2 N–H and O–H groups in total. The molecule has 1 atom stereocenters. The van der Waals surface area contributed by atoms with E-state index >= 15 is 0 Å². The molecule has 1 aromatic heterocycles. The van der Waals surface area contributed by atoms with Crippen LogP contribution < -0.4 is 5.56 Å². The molecule has 0 amide bonds. The fraction of sp³-hybridized carbons (Fsp3) is 0.545. The van der Waals surface area contributed by atoms with E-state index in [9.17, 15) is 9.90 Å². The van der Waals surface area contributed by atoms with Gasteiger partial charge in [0, 0.05) is 17.0 Å². The second-order valence-electron chi connectivity index (χ2n) is 8.35. The number of nitrogens with zero attached hydrogens (tertiary/aromatic N) is 2. The summed E-state index contributed by atoms with van der Waals surface area (Å²) in [6.45, 7) is 6.34. The Hall–Kier alpha value is -2.14. The number of aromatic hydroxyl groups is 1. The van der Waals surface area contributed by atoms with Crippen molar-refractivity contribution < 1.29 is 5.11 Å². The van der Waals surface area contributed by atoms with Gasteiger partial charge in [-0.05, 0) is 83.2 Å². The van der Waals surface area contributed by atoms with Gasteiger partial charge in [0.15, 0.2) is 0 Å². The molecule has 0 bridgehead atoms. The first-order valence-electron chi connectivity index (χ1n) is 10.1. The van der Waals surface area contributed by atoms with Crippen LogP contribution in [0.15, 0.2) is 29.1 Å². The molecular weight excluding hydrogens is 338 g/mol. The van der Waals surface area contributed by atoms with Crippen LogP contribution in [0.4, 0.5) is 0 Å². The van der Waals surface area contributed by atoms with Crippen molar-refractivity contribution in [2.75, 3.05) is 13.1 Å². The minimum absolute atomic E-state index is 0.0686. The summed E-state index contributed by atoms with van der Waals surface area (Å²) in [5, 5.41) is 9.41. The number of aromatic nitrogens is 2. The average molecular weight is 367 g/mol. The standard InChI is InChI=1S/C22H29N3O2/c1-15(3-4-17-5-7-18(26)8-6-17)25-13-11-22(12-14-25)10-9-19-20(22)23-16(2)24-21(19)27/h5-8,15,26H,3-4,9-14H2,1-2H3,(H,23,24,27). The second-order valence-corrected chi connectivity index (χ2v) is 8.35. The molecule has 4 rings (SSSR count). The van der Waals surface area contributed by atoms with E-state index in [1.807, 2.05) is 19.1 Å². The van der Waals surface area contributed by atoms with Gasteiger partial charge in [-0.15, -0.1) is 0 Å². The highest BCUT2D eigenvalue weighted by molar-refractivity contribution is 5.33. The summed E-state index contributed by atoms with van der Waals surface area (Å²) in [5.41, 5.74) is 3.46. The molecule has 5 heteroatoms. The van der Waals surface area contributed by atoms with Crippen molar-refractivity contribution in [2.24, 2.45) is 0 Å². The number of benzene rings is 1. The zero-order valence-electron chi connectivity index (χ0n) is 16.3. The Morgan fingerprint density at radius 2 is 1.93 bits per heavy atom. The zero-order valence-corrected chi connectivity index (χ0v) is 16.3. The van der Waals surface area contributed by atoms with Crippen LogP contribution in [0.25, 0.3) is 0 Å². The minimum atomic E-state index is 0.0686. The van der Waals surface area contributed by atoms with E-state index in [1.165, 1.54) is 5.56 Å². The number of fused-ring (bicyclic) bond motifs is 2. The first kappa shape index (κ1) is 18.2. The highest BCUT2D eigenvalue weighted by Crippen LogP contribution is 2.44. The zero-order chi connectivity index (χ0) is 19.0. The molecule has 1 unspecified atom stereocenters. The molecule has 2 heterocycles. The van der Waals surface area contributed by atoms with Gasteiger partial charge in [-0.2, -0.15) is 0 Å². The highest BCUT2D eigenvalue weighted by atomic mass is 16.3. The van der Waals surface area contributed by atoms with E-state index in [4.69, 9.17) is 4.98 Å². The number of aromatic amines is 1. The molecule has 27 heavy (non-hydrogen) atoms. The predicted octanol–water partition coefficient (Wildman–Crippen LogP) is 3.09. The minimum Gasteiger partial charge on any atom is -0.508 e. The summed E-state index contributed by atoms with van der Waals surface area (Å²) >= 11 is 0. The molecule has 144 valence electrons. The molecule has 0 radical (unpaired) electrons. The lowest BCUT2D eigenvalue weighted by Crippen LogP contribution is -2.46. The maximum atomic E-state index is 12.2. The predicted molar refractivity (Wildman–Crippen MR) is 106 cm³/mol. The van der Waals surface area contributed by atoms with E-state index in [2.05, 4.69) is 16.8 Å². The molecule has 1 fully saturated rings. The van der Waals surface area contributed by atoms with E-state index in [-0.39, 0.29) is 11.0 Å². The fourth-order valence-electron chi connectivity index (χ4n) is 4.86. The van der Waals surface area contributed by atoms with Crippen LogP contribution in [-0.4, -0.2) is 39.1 Å². The Balaban J connectivity index is 1.38. The largest absolute Gasteiger partial charge is 0.508 e. The maximum absolute atomic E-state index is 12.2. The van der Waals surface area contributed by atoms with E-state index in [0.29, 0.717) is 11.8 Å². The average Bonchev–Trinajstić information content (AvgIpc) is 3.00. The summed E-state index contributed by atoms with van der Waals surface area (Å²) in [6, 6.07) is 8.08. The van der Waals surface area contributed by atoms with Crippen LogP contribution in [0.3, 0.4) is 0 Å². The number of likely N-dealkylation sites (tertiary alicyclic amines) is 1. The van der Waals surface area contributed by atoms with Crippen LogP contribution in [0.2, 0.25) is 0 Å². The van der Waals surface area contributed by atoms with Gasteiger partial charge >= 0.3 is 0 Å². The third kappa shape index (κ3) is 3.53. The monoisotopic (exact) mass is 367 g/mol. The lowest BCUT2D eigenvalue weighted by molar-refractivity contribution is 0.115. The van der Waals surface area contributed by atoms with Gasteiger partial charge in [-0.25, -0.2) is 4.98 Å². The van der Waals surface area contributed by atoms with Crippen LogP contribution in [-0.2, 0) is 18.3 Å². The van der Waals surface area contributed by atoms with Crippen molar-refractivity contribution in [3.63, 3.8) is 0 Å². The Morgan fingerprint density at radius 3 is 2.63 bits per heavy atom. The first-order valence-corrected chi connectivity index (χ1v) is 10.1. The van der Waals surface area contributed by atoms with Crippen molar-refractivity contribution >= 4 is 0 Å². The molecule has 1 aliphatic carbocycles. The SMILES string of the molecule is Cc1nc2c(c(=O)[nH]1)CCC21CCN(C(C)CCc2ccc(O)cc2)CC1. The molecule has 1 aromatic carbocycles. The lowest BCUT2D eigenvalue weighted by Gasteiger charge is -2.42. The van der Waals surface area contributed by atoms with Crippen LogP contribution in [0.1, 0.15) is 55.3 Å². The topological polar surface area (TPSA) is 69.2 Å². The Labute approximate surface area is 160 Å². The van der Waals surface area contributed by atoms with Crippen molar-refractivity contribution in [3.8, 4) is 5.75 Å². The number of phenolic OH excluding ortho intramolecular Hbond substituents is 1. The molecule has 1 saturated heterocycles. The van der Waals surface area contributed by atoms with Gasteiger partial charge in [-0.3, -0.25) is 4.79 Å². The summed E-state index contributed by atoms with van der Waals surface area (Å²) in [4.78, 5) is 22.4. The lowest BCUT2D eigenvalue weighted by atomic mass is 9.75. The van der Waals surface area contributed by atoms with Crippen molar-refractivity contribution in [1.29, 1.82) is 0 Å². The number of H-pyrrole nitrogens is 1. The third-order valence-electron chi connectivity index (χ3n) is 6.66. The quantitative estimate of drug-likeness (QED) is 0.871. The molecule has 0 saturated carbocycles. The van der Waals surface area contributed by atoms with Crippen LogP contribution >= 0.6 is 0 Å². The Morgan fingerprint density at radius 1 is 1.22 bits per heavy atom. The van der Waals surface area contributed by atoms with E-state index in [0.717, 1.165) is 68.7 Å². The van der Waals surface area contributed by atoms with Gasteiger partial charge in [-0.1, -0.05) is 12.1 Å². The number of piperidine rings is 1. The molecular formula is C22H29N3O2. The number of hydrogen-bond acceptors (Lipinski definition) is 4. The molecule has 5 nitrogen and oxygen atoms in total. The second kappa shape index (κ2) is 7.12. The molecule has 2 aromatic rings. The van der Waals surface area contributed by atoms with Gasteiger partial charge in [0.05, 0.1) is 5.69 Å². The summed E-state index contributed by atoms with van der Waals surface area (Å²) < 4.78 is 0. The number of phenols is 1. The van der Waals surface area contributed by atoms with Gasteiger partial charge in [0.2, 0.25) is 0 Å². The van der Waals surface area contributed by atoms with Crippen LogP contribution in [0.5, 0.6) is 5.75 Å². The third-order valence-corrected chi connectivity index (χ3v) is 6.66. The normalized spacial score (nSPS) is 19.9. The van der Waals surface area contributed by atoms with Gasteiger partial charge in [0.1, 0.15) is 11.6 Å². The maximum Gasteiger partial charge on any atom is 0.254 e. The van der Waals surface area contributed by atoms with Crippen LogP contribution in [0, 0.1) is 6.92 Å². The number of aryl methyl sites for hydroxylation is 2. The fourth-order valence-corrected chi connectivity index (χ4v) is 4.86. The highest BCUT2D eigenvalue weighted by Gasteiger charge is 2.44. The molecule has 2 aliphatic rings. The van der Waals surface area contributed by atoms with Gasteiger partial charge in [0.25, 0.3) is 5.56 Å². The summed E-state index contributed by atoms with van der Waals surface area (Å²) in [6.07, 6.45) is 6.28. The van der Waals surface area contributed by atoms with Crippen molar-refractivity contribution in [2.45, 2.75) is 63.8 Å². The molecule has 1 aliphatic heterocycles. The molecule has 1 spiro atoms. The Kier molecular flexibility index (Phi) is 4.81. The van der Waals surface area contributed by atoms with Gasteiger partial charge < -0.3 is 15.0 Å². The number of hydrogen-bond donors (Lipinski definition) is 2. The smallest absolute Gasteiger partial charge is 0.254 e. The first-order chi connectivity index (χ1) is 13.0. The summed E-state index contributed by atoms with van der Waals surface area (Å²) in [5.74, 6) is 1.07. The number of rotatable bonds is 4. The van der Waals surface area contributed by atoms with Crippen molar-refractivity contribution in [3.05, 3.63) is 57.3 Å². The van der Waals surface area contributed by atoms with Crippen molar-refractivity contribution in [1.82, 2.24) is 14.9 Å². The van der Waals surface area contributed by atoms with E-state index < -0.39 is 0 Å². The van der Waals surface area contributed by atoms with E-state index in [1.54, 1.807) is 12.1 Å². The summed E-state index contributed by atoms with van der Waals surface area (Å²) in [7, 11) is 0.